The summed E-state index contributed by atoms with van der Waals surface area (Å²) < 4.78 is 0. The van der Waals surface area contributed by atoms with Crippen molar-refractivity contribution >= 4 is 17.5 Å². The van der Waals surface area contributed by atoms with Crippen LogP contribution in [0.1, 0.15) is 42.7 Å². The summed E-state index contributed by atoms with van der Waals surface area (Å²) in [6.07, 6.45) is 1.75. The zero-order valence-corrected chi connectivity index (χ0v) is 11.3. The summed E-state index contributed by atoms with van der Waals surface area (Å²) >= 11 is 5.86. The maximum absolute atomic E-state index is 12.0. The van der Waals surface area contributed by atoms with Crippen molar-refractivity contribution in [2.45, 2.75) is 39.2 Å². The number of nitriles is 1. The maximum Gasteiger partial charge on any atom is 0.251 e. The van der Waals surface area contributed by atoms with Crippen molar-refractivity contribution in [1.29, 1.82) is 5.26 Å². The Hall–Kier alpha value is -1.60. The highest BCUT2D eigenvalue weighted by atomic mass is 35.5. The van der Waals surface area contributed by atoms with Crippen LogP contribution >= 0.6 is 11.6 Å². The Labute approximate surface area is 112 Å². The van der Waals surface area contributed by atoms with Gasteiger partial charge >= 0.3 is 0 Å². The number of halogens is 1. The molecule has 18 heavy (non-hydrogen) atoms. The molecule has 1 N–H and O–H groups in total. The van der Waals surface area contributed by atoms with E-state index in [2.05, 4.69) is 16.4 Å². The van der Waals surface area contributed by atoms with E-state index in [9.17, 15) is 4.79 Å². The van der Waals surface area contributed by atoms with Gasteiger partial charge in [-0.05, 0) is 25.0 Å². The predicted octanol–water partition coefficient (Wildman–Crippen LogP) is 2.72. The van der Waals surface area contributed by atoms with Crippen LogP contribution in [0.5, 0.6) is 0 Å². The molecular weight excluding hydrogens is 250 g/mol. The molecule has 0 saturated carbocycles. The van der Waals surface area contributed by atoms with Gasteiger partial charge in [-0.3, -0.25) is 4.79 Å². The molecule has 1 unspecified atom stereocenters. The molecule has 1 rings (SSSR count). The quantitative estimate of drug-likeness (QED) is 0.833. The average Bonchev–Trinajstić information content (AvgIpc) is 2.37. The molecule has 0 bridgehead atoms. The molecule has 0 aliphatic carbocycles. The second kappa shape index (κ2) is 6.97. The van der Waals surface area contributed by atoms with Gasteiger partial charge in [0.1, 0.15) is 5.15 Å². The van der Waals surface area contributed by atoms with E-state index in [0.29, 0.717) is 17.1 Å². The van der Waals surface area contributed by atoms with E-state index in [-0.39, 0.29) is 11.9 Å². The van der Waals surface area contributed by atoms with Gasteiger partial charge in [-0.2, -0.15) is 5.26 Å². The Balaban J connectivity index is 2.83. The van der Waals surface area contributed by atoms with Crippen LogP contribution in [0.25, 0.3) is 0 Å². The minimum absolute atomic E-state index is 0.125. The molecule has 1 atom stereocenters. The van der Waals surface area contributed by atoms with E-state index in [0.717, 1.165) is 18.5 Å². The second-order valence-electron chi connectivity index (χ2n) is 3.96. The molecule has 1 heterocycles. The third kappa shape index (κ3) is 4.01. The summed E-state index contributed by atoms with van der Waals surface area (Å²) in [5, 5.41) is 11.8. The highest BCUT2D eigenvalue weighted by molar-refractivity contribution is 6.29. The Morgan fingerprint density at radius 2 is 2.28 bits per heavy atom. The van der Waals surface area contributed by atoms with E-state index >= 15 is 0 Å². The fraction of sp³-hybridized carbons (Fsp3) is 0.462. The van der Waals surface area contributed by atoms with E-state index in [1.807, 2.05) is 13.8 Å². The Kier molecular flexibility index (Phi) is 5.60. The number of nitrogens with one attached hydrogen (secondary N) is 1. The largest absolute Gasteiger partial charge is 0.348 e. The molecule has 1 aromatic rings. The number of amides is 1. The molecule has 5 heteroatoms. The van der Waals surface area contributed by atoms with E-state index in [1.165, 1.54) is 6.07 Å². The lowest BCUT2D eigenvalue weighted by Gasteiger charge is -2.14. The summed E-state index contributed by atoms with van der Waals surface area (Å²) in [7, 11) is 0. The molecule has 0 aliphatic heterocycles. The fourth-order valence-corrected chi connectivity index (χ4v) is 1.77. The van der Waals surface area contributed by atoms with Crippen LogP contribution in [-0.4, -0.2) is 16.9 Å². The lowest BCUT2D eigenvalue weighted by molar-refractivity contribution is 0.0936. The van der Waals surface area contributed by atoms with Gasteiger partial charge < -0.3 is 5.32 Å². The number of aromatic nitrogens is 1. The van der Waals surface area contributed by atoms with Crippen molar-refractivity contribution in [3.8, 4) is 6.07 Å². The zero-order valence-electron chi connectivity index (χ0n) is 10.5. The molecule has 0 radical (unpaired) electrons. The third-order valence-electron chi connectivity index (χ3n) is 2.64. The van der Waals surface area contributed by atoms with Crippen molar-refractivity contribution in [2.24, 2.45) is 0 Å². The zero-order chi connectivity index (χ0) is 13.5. The lowest BCUT2D eigenvalue weighted by Crippen LogP contribution is -2.34. The van der Waals surface area contributed by atoms with Crippen LogP contribution in [-0.2, 0) is 6.42 Å². The number of carbonyl (C=O) groups excluding carboxylic acids is 1. The second-order valence-corrected chi connectivity index (χ2v) is 4.35. The molecule has 0 aliphatic rings. The number of nitrogens with zero attached hydrogens (tertiary/aromatic N) is 2. The Morgan fingerprint density at radius 1 is 1.56 bits per heavy atom. The average molecular weight is 266 g/mol. The van der Waals surface area contributed by atoms with Gasteiger partial charge in [0.15, 0.2) is 0 Å². The minimum atomic E-state index is -0.212. The van der Waals surface area contributed by atoms with Gasteiger partial charge in [-0.1, -0.05) is 25.4 Å². The van der Waals surface area contributed by atoms with E-state index in [4.69, 9.17) is 16.9 Å². The van der Waals surface area contributed by atoms with Crippen LogP contribution in [0.4, 0.5) is 0 Å². The molecule has 1 amide bonds. The molecule has 0 spiro atoms. The molecule has 96 valence electrons. The predicted molar refractivity (Wildman–Crippen MR) is 70.4 cm³/mol. The Morgan fingerprint density at radius 3 is 2.83 bits per heavy atom. The fourth-order valence-electron chi connectivity index (χ4n) is 1.54. The van der Waals surface area contributed by atoms with Crippen molar-refractivity contribution in [1.82, 2.24) is 10.3 Å². The minimum Gasteiger partial charge on any atom is -0.348 e. The van der Waals surface area contributed by atoms with Crippen molar-refractivity contribution in [2.75, 3.05) is 0 Å². The number of rotatable bonds is 5. The number of aryl methyl sites for hydroxylation is 1. The maximum atomic E-state index is 12.0. The SMILES string of the molecule is CCc1cc(C(=O)NC(CC)CC#N)cc(Cl)n1. The smallest absolute Gasteiger partial charge is 0.251 e. The van der Waals surface area contributed by atoms with Crippen LogP contribution < -0.4 is 5.32 Å². The number of hydrogen-bond donors (Lipinski definition) is 1. The monoisotopic (exact) mass is 265 g/mol. The summed E-state index contributed by atoms with van der Waals surface area (Å²) in [4.78, 5) is 16.1. The normalized spacial score (nSPS) is 11.7. The van der Waals surface area contributed by atoms with Gasteiger partial charge in [0.05, 0.1) is 12.5 Å². The molecular formula is C13H16ClN3O. The first-order valence-electron chi connectivity index (χ1n) is 5.95. The summed E-state index contributed by atoms with van der Waals surface area (Å²) in [5.74, 6) is -0.212. The van der Waals surface area contributed by atoms with Gasteiger partial charge in [0.2, 0.25) is 0 Å². The highest BCUT2D eigenvalue weighted by Gasteiger charge is 2.13. The molecule has 0 fully saturated rings. The summed E-state index contributed by atoms with van der Waals surface area (Å²) in [5.41, 5.74) is 1.27. The number of pyridine rings is 1. The first-order chi connectivity index (χ1) is 8.60. The number of hydrogen-bond acceptors (Lipinski definition) is 3. The first-order valence-corrected chi connectivity index (χ1v) is 6.32. The van der Waals surface area contributed by atoms with Gasteiger partial charge in [-0.25, -0.2) is 4.98 Å². The molecule has 1 aromatic heterocycles. The summed E-state index contributed by atoms with van der Waals surface area (Å²) in [6, 6.07) is 5.19. The van der Waals surface area contributed by atoms with Gasteiger partial charge in [0, 0.05) is 17.3 Å². The van der Waals surface area contributed by atoms with Crippen LogP contribution in [0.15, 0.2) is 12.1 Å². The molecule has 0 aromatic carbocycles. The van der Waals surface area contributed by atoms with Crippen molar-refractivity contribution in [3.63, 3.8) is 0 Å². The third-order valence-corrected chi connectivity index (χ3v) is 2.83. The number of carbonyl (C=O) groups is 1. The molecule has 0 saturated heterocycles. The van der Waals surface area contributed by atoms with Gasteiger partial charge in [0.25, 0.3) is 5.91 Å². The van der Waals surface area contributed by atoms with Gasteiger partial charge in [-0.15, -0.1) is 0 Å². The standard InChI is InChI=1S/C13H16ClN3O/c1-3-10(5-6-15)17-13(18)9-7-11(4-2)16-12(14)8-9/h7-8,10H,3-5H2,1-2H3,(H,17,18). The van der Waals surface area contributed by atoms with Crippen LogP contribution in [0, 0.1) is 11.3 Å². The van der Waals surface area contributed by atoms with Crippen molar-refractivity contribution in [3.05, 3.63) is 28.5 Å². The lowest BCUT2D eigenvalue weighted by atomic mass is 10.1. The topological polar surface area (TPSA) is 65.8 Å². The van der Waals surface area contributed by atoms with Crippen molar-refractivity contribution < 1.29 is 4.79 Å². The van der Waals surface area contributed by atoms with Crippen LogP contribution in [0.3, 0.4) is 0 Å². The van der Waals surface area contributed by atoms with Crippen LogP contribution in [0.2, 0.25) is 5.15 Å². The first kappa shape index (κ1) is 14.5. The molecule has 4 nitrogen and oxygen atoms in total. The highest BCUT2D eigenvalue weighted by Crippen LogP contribution is 2.12. The summed E-state index contributed by atoms with van der Waals surface area (Å²) in [6.45, 7) is 3.88. The van der Waals surface area contributed by atoms with E-state index in [1.54, 1.807) is 6.07 Å². The Bertz CT molecular complexity index is 468. The van der Waals surface area contributed by atoms with E-state index < -0.39 is 0 Å².